The molecule has 7 nitrogen and oxygen atoms in total. The average Bonchev–Trinajstić information content (AvgIpc) is 3.15. The van der Waals surface area contributed by atoms with E-state index in [9.17, 15) is 9.90 Å². The van der Waals surface area contributed by atoms with Crippen molar-refractivity contribution >= 4 is 22.7 Å². The third-order valence-electron chi connectivity index (χ3n) is 5.04. The molecule has 7 heteroatoms. The number of nitrogens with zero attached hydrogens (tertiary/aromatic N) is 4. The lowest BCUT2D eigenvalue weighted by atomic mass is 10.1. The van der Waals surface area contributed by atoms with Crippen LogP contribution in [0.25, 0.3) is 16.7 Å². The number of hydrogen-bond acceptors (Lipinski definition) is 6. The maximum Gasteiger partial charge on any atom is 0.338 e. The van der Waals surface area contributed by atoms with E-state index >= 15 is 0 Å². The second-order valence-corrected chi connectivity index (χ2v) is 7.66. The van der Waals surface area contributed by atoms with Gasteiger partial charge >= 0.3 is 5.97 Å². The molecule has 1 N–H and O–H groups in total. The molecule has 0 aliphatic rings. The number of anilines is 1. The quantitative estimate of drug-likeness (QED) is 0.385. The Labute approximate surface area is 177 Å². The predicted molar refractivity (Wildman–Crippen MR) is 119 cm³/mol. The van der Waals surface area contributed by atoms with Crippen LogP contribution < -0.4 is 4.90 Å². The predicted octanol–water partition coefficient (Wildman–Crippen LogP) is 4.71. The van der Waals surface area contributed by atoms with Gasteiger partial charge in [0, 0.05) is 25.8 Å². The van der Waals surface area contributed by atoms with Crippen molar-refractivity contribution in [1.82, 2.24) is 15.0 Å². The van der Waals surface area contributed by atoms with E-state index in [4.69, 9.17) is 4.74 Å². The van der Waals surface area contributed by atoms with Gasteiger partial charge in [-0.1, -0.05) is 39.0 Å². The number of fused-ring (bicyclic) bond motifs is 1. The monoisotopic (exact) mass is 410 g/mol. The molecule has 0 amide bonds. The number of phenolic OH excluding ortho intramolecular Hbond substituents is 1. The number of phenols is 1. The number of rotatable bonds is 10. The first-order chi connectivity index (χ1) is 14.5. The maximum atomic E-state index is 12.3. The van der Waals surface area contributed by atoms with Crippen molar-refractivity contribution in [1.29, 1.82) is 0 Å². The first-order valence-electron chi connectivity index (χ1n) is 10.5. The van der Waals surface area contributed by atoms with Crippen LogP contribution in [0.2, 0.25) is 0 Å². The molecule has 160 valence electrons. The SMILES string of the molecule is CCCCCCCCOC(=O)c1ccc2nn(-c3ccc(N(C)C)cc3O)nc2c1. The summed E-state index contributed by atoms with van der Waals surface area (Å²) in [6, 6.07) is 10.4. The normalized spacial score (nSPS) is 11.0. The summed E-state index contributed by atoms with van der Waals surface area (Å²) in [5, 5.41) is 19.2. The molecule has 0 saturated carbocycles. The molecule has 2 aromatic carbocycles. The van der Waals surface area contributed by atoms with Crippen LogP contribution in [0.5, 0.6) is 5.75 Å². The second-order valence-electron chi connectivity index (χ2n) is 7.66. The van der Waals surface area contributed by atoms with Gasteiger partial charge < -0.3 is 14.7 Å². The van der Waals surface area contributed by atoms with E-state index in [1.54, 1.807) is 30.3 Å². The average molecular weight is 411 g/mol. The minimum Gasteiger partial charge on any atom is -0.506 e. The molecule has 0 spiro atoms. The Kier molecular flexibility index (Phi) is 7.27. The van der Waals surface area contributed by atoms with Gasteiger partial charge in [0.25, 0.3) is 0 Å². The summed E-state index contributed by atoms with van der Waals surface area (Å²) in [5.41, 5.74) is 3.01. The molecule has 0 saturated heterocycles. The molecule has 1 heterocycles. The number of benzene rings is 2. The summed E-state index contributed by atoms with van der Waals surface area (Å²) in [6.07, 6.45) is 6.88. The van der Waals surface area contributed by atoms with E-state index in [1.807, 2.05) is 25.1 Å². The van der Waals surface area contributed by atoms with Gasteiger partial charge in [-0.2, -0.15) is 0 Å². The minimum atomic E-state index is -0.349. The topological polar surface area (TPSA) is 80.5 Å². The fourth-order valence-electron chi connectivity index (χ4n) is 3.24. The highest BCUT2D eigenvalue weighted by Gasteiger charge is 2.13. The van der Waals surface area contributed by atoms with Crippen LogP contribution >= 0.6 is 0 Å². The molecular weight excluding hydrogens is 380 g/mol. The van der Waals surface area contributed by atoms with E-state index in [0.717, 1.165) is 18.5 Å². The molecule has 0 atom stereocenters. The molecule has 1 aromatic heterocycles. The van der Waals surface area contributed by atoms with Crippen molar-refractivity contribution < 1.29 is 14.6 Å². The second kappa shape index (κ2) is 10.1. The van der Waals surface area contributed by atoms with Gasteiger partial charge in [-0.15, -0.1) is 15.0 Å². The Hall–Kier alpha value is -3.09. The minimum absolute atomic E-state index is 0.0834. The number of carbonyl (C=O) groups is 1. The van der Waals surface area contributed by atoms with Crippen LogP contribution in [-0.4, -0.2) is 46.8 Å². The standard InChI is InChI=1S/C23H30N4O3/c1-4-5-6-7-8-9-14-30-23(29)17-10-12-19-20(15-17)25-27(24-19)21-13-11-18(26(2)3)16-22(21)28/h10-13,15-16,28H,4-9,14H2,1-3H3. The first-order valence-corrected chi connectivity index (χ1v) is 10.5. The Balaban J connectivity index is 1.65. The molecule has 30 heavy (non-hydrogen) atoms. The maximum absolute atomic E-state index is 12.3. The van der Waals surface area contributed by atoms with Gasteiger partial charge in [0.2, 0.25) is 0 Å². The van der Waals surface area contributed by atoms with Crippen molar-refractivity contribution in [2.24, 2.45) is 0 Å². The van der Waals surface area contributed by atoms with Crippen LogP contribution in [0.15, 0.2) is 36.4 Å². The third kappa shape index (κ3) is 5.28. The molecule has 0 unspecified atom stereocenters. The van der Waals surface area contributed by atoms with Gasteiger partial charge in [-0.3, -0.25) is 0 Å². The molecule has 0 bridgehead atoms. The van der Waals surface area contributed by atoms with Crippen LogP contribution in [0, 0.1) is 0 Å². The molecule has 3 rings (SSSR count). The van der Waals surface area contributed by atoms with Gasteiger partial charge in [0.15, 0.2) is 0 Å². The zero-order chi connectivity index (χ0) is 21.5. The fourth-order valence-corrected chi connectivity index (χ4v) is 3.24. The number of aromatic nitrogens is 3. The van der Waals surface area contributed by atoms with Crippen LogP contribution in [0.1, 0.15) is 55.8 Å². The zero-order valence-electron chi connectivity index (χ0n) is 18.0. The Morgan fingerprint density at radius 3 is 2.47 bits per heavy atom. The zero-order valence-corrected chi connectivity index (χ0v) is 18.0. The molecular formula is C23H30N4O3. The Morgan fingerprint density at radius 1 is 1.00 bits per heavy atom. The van der Waals surface area contributed by atoms with Crippen molar-refractivity contribution in [2.75, 3.05) is 25.6 Å². The number of ether oxygens (including phenoxy) is 1. The van der Waals surface area contributed by atoms with Gasteiger partial charge in [-0.25, -0.2) is 4.79 Å². The number of unbranched alkanes of at least 4 members (excludes halogenated alkanes) is 5. The third-order valence-corrected chi connectivity index (χ3v) is 5.04. The number of carbonyl (C=O) groups excluding carboxylic acids is 1. The summed E-state index contributed by atoms with van der Waals surface area (Å²) in [5.74, 6) is -0.265. The number of aromatic hydroxyl groups is 1. The summed E-state index contributed by atoms with van der Waals surface area (Å²) in [4.78, 5) is 15.6. The molecule has 0 aliphatic carbocycles. The van der Waals surface area contributed by atoms with E-state index < -0.39 is 0 Å². The highest BCUT2D eigenvalue weighted by Crippen LogP contribution is 2.26. The highest BCUT2D eigenvalue weighted by atomic mass is 16.5. The van der Waals surface area contributed by atoms with Gasteiger partial charge in [0.05, 0.1) is 12.2 Å². The largest absolute Gasteiger partial charge is 0.506 e. The molecule has 0 aliphatic heterocycles. The summed E-state index contributed by atoms with van der Waals surface area (Å²) in [6.45, 7) is 2.63. The van der Waals surface area contributed by atoms with Gasteiger partial charge in [-0.05, 0) is 36.8 Å². The van der Waals surface area contributed by atoms with Crippen molar-refractivity contribution in [3.05, 3.63) is 42.0 Å². The van der Waals surface area contributed by atoms with Crippen molar-refractivity contribution in [3.63, 3.8) is 0 Å². The highest BCUT2D eigenvalue weighted by molar-refractivity contribution is 5.93. The van der Waals surface area contributed by atoms with Crippen LogP contribution in [0.4, 0.5) is 5.69 Å². The Morgan fingerprint density at radius 2 is 1.73 bits per heavy atom. The van der Waals surface area contributed by atoms with Crippen LogP contribution in [0.3, 0.4) is 0 Å². The lowest BCUT2D eigenvalue weighted by molar-refractivity contribution is 0.0498. The summed E-state index contributed by atoms with van der Waals surface area (Å²) in [7, 11) is 3.81. The number of esters is 1. The fraction of sp³-hybridized carbons (Fsp3) is 0.435. The van der Waals surface area contributed by atoms with E-state index in [2.05, 4.69) is 17.1 Å². The summed E-state index contributed by atoms with van der Waals surface area (Å²) >= 11 is 0. The van der Waals surface area contributed by atoms with E-state index in [1.165, 1.54) is 30.5 Å². The summed E-state index contributed by atoms with van der Waals surface area (Å²) < 4.78 is 5.39. The first kappa shape index (κ1) is 21.6. The van der Waals surface area contributed by atoms with Crippen LogP contribution in [-0.2, 0) is 4.74 Å². The molecule has 0 fully saturated rings. The van der Waals surface area contributed by atoms with Crippen molar-refractivity contribution in [3.8, 4) is 11.4 Å². The lowest BCUT2D eigenvalue weighted by Crippen LogP contribution is -2.09. The van der Waals surface area contributed by atoms with Gasteiger partial charge in [0.1, 0.15) is 22.5 Å². The number of hydrogen-bond donors (Lipinski definition) is 1. The van der Waals surface area contributed by atoms with E-state index in [0.29, 0.717) is 28.9 Å². The van der Waals surface area contributed by atoms with E-state index in [-0.39, 0.29) is 11.7 Å². The smallest absolute Gasteiger partial charge is 0.338 e. The molecule has 3 aromatic rings. The molecule has 0 radical (unpaired) electrons. The Bertz CT molecular complexity index is 997. The lowest BCUT2D eigenvalue weighted by Gasteiger charge is -2.13. The van der Waals surface area contributed by atoms with Crippen molar-refractivity contribution in [2.45, 2.75) is 45.4 Å².